The SMILES string of the molecule is C1CNCCNCCCN(CCC2CNCCCNCCNCCCN2)CCNC1.C1CNCCNCCCNCCNC1.C1CNCCNCCCNCCNC1. The van der Waals surface area contributed by atoms with Crippen LogP contribution in [-0.4, -0.2) is 220 Å². The van der Waals surface area contributed by atoms with E-state index in [9.17, 15) is 0 Å². The lowest BCUT2D eigenvalue weighted by Crippen LogP contribution is -2.44. The number of nitrogens with zero attached hydrogens (tertiary/aromatic N) is 1. The van der Waals surface area contributed by atoms with Gasteiger partial charge >= 0.3 is 0 Å². The van der Waals surface area contributed by atoms with Crippen molar-refractivity contribution in [3.05, 3.63) is 0 Å². The molecule has 4 heterocycles. The van der Waals surface area contributed by atoms with Crippen LogP contribution in [0.15, 0.2) is 0 Å². The van der Waals surface area contributed by atoms with Crippen molar-refractivity contribution in [1.29, 1.82) is 0 Å². The number of rotatable bonds is 3. The lowest BCUT2D eigenvalue weighted by Gasteiger charge is -2.27. The van der Waals surface area contributed by atoms with Crippen LogP contribution in [0.2, 0.25) is 0 Å². The summed E-state index contributed by atoms with van der Waals surface area (Å²) in [4.78, 5) is 2.66. The molecule has 1 atom stereocenters. The molecular weight excluding hydrogens is 729 g/mol. The summed E-state index contributed by atoms with van der Waals surface area (Å²) in [7, 11) is 0. The van der Waals surface area contributed by atoms with Gasteiger partial charge in [-0.2, -0.15) is 0 Å². The highest BCUT2D eigenvalue weighted by Gasteiger charge is 2.12. The Morgan fingerprint density at radius 2 is 0.534 bits per heavy atom. The van der Waals surface area contributed by atoms with Gasteiger partial charge in [0, 0.05) is 104 Å². The van der Waals surface area contributed by atoms with Crippen molar-refractivity contribution >= 4 is 0 Å². The van der Waals surface area contributed by atoms with Crippen LogP contribution in [0.25, 0.3) is 0 Å². The maximum absolute atomic E-state index is 3.82. The van der Waals surface area contributed by atoms with Crippen LogP contribution in [-0.2, 0) is 0 Å². The van der Waals surface area contributed by atoms with E-state index >= 15 is 0 Å². The van der Waals surface area contributed by atoms with Crippen molar-refractivity contribution in [2.24, 2.45) is 0 Å². The van der Waals surface area contributed by atoms with Gasteiger partial charge in [-0.1, -0.05) is 0 Å². The average Bonchev–Trinajstić information content (AvgIpc) is 3.24. The Kier molecular flexibility index (Phi) is 42.3. The molecule has 0 bridgehead atoms. The molecule has 58 heavy (non-hydrogen) atoms. The summed E-state index contributed by atoms with van der Waals surface area (Å²) in [6.45, 7) is 35.5. The van der Waals surface area contributed by atoms with Crippen molar-refractivity contribution in [2.45, 2.75) is 63.8 Å². The zero-order valence-electron chi connectivity index (χ0n) is 37.5. The first-order chi connectivity index (χ1) is 28.9. The van der Waals surface area contributed by atoms with E-state index in [0.29, 0.717) is 6.04 Å². The molecule has 4 saturated heterocycles. The van der Waals surface area contributed by atoms with E-state index in [1.54, 1.807) is 0 Å². The molecule has 0 spiro atoms. The summed E-state index contributed by atoms with van der Waals surface area (Å²) in [6.07, 6.45) is 10.9. The molecule has 4 aliphatic heterocycles. The van der Waals surface area contributed by atoms with E-state index in [-0.39, 0.29) is 0 Å². The molecule has 0 aromatic carbocycles. The van der Waals surface area contributed by atoms with Crippen LogP contribution in [0.4, 0.5) is 0 Å². The van der Waals surface area contributed by atoms with Gasteiger partial charge in [0.05, 0.1) is 0 Å². The zero-order valence-corrected chi connectivity index (χ0v) is 37.5. The molecule has 16 heteroatoms. The van der Waals surface area contributed by atoms with Crippen molar-refractivity contribution in [2.75, 3.05) is 209 Å². The van der Waals surface area contributed by atoms with E-state index < -0.39 is 0 Å². The molecule has 4 rings (SSSR count). The van der Waals surface area contributed by atoms with Crippen LogP contribution in [0.1, 0.15) is 57.8 Å². The predicted molar refractivity (Wildman–Crippen MR) is 250 cm³/mol. The average molecular weight is 827 g/mol. The molecule has 15 N–H and O–H groups in total. The second-order valence-corrected chi connectivity index (χ2v) is 16.1. The van der Waals surface area contributed by atoms with Crippen molar-refractivity contribution in [1.82, 2.24) is 84.7 Å². The van der Waals surface area contributed by atoms with E-state index in [0.717, 1.165) is 196 Å². The zero-order chi connectivity index (χ0) is 40.8. The number of nitrogens with one attached hydrogen (secondary N) is 15. The molecule has 4 aliphatic rings. The first-order valence-electron chi connectivity index (χ1n) is 24.3. The molecule has 0 aliphatic carbocycles. The predicted octanol–water partition coefficient (Wildman–Crippen LogP) is -2.96. The Bertz CT molecular complexity index is 591. The van der Waals surface area contributed by atoms with Gasteiger partial charge in [-0.3, -0.25) is 0 Å². The lowest BCUT2D eigenvalue weighted by molar-refractivity contribution is 0.249. The van der Waals surface area contributed by atoms with Crippen molar-refractivity contribution in [3.8, 4) is 0 Å². The third-order valence-electron chi connectivity index (χ3n) is 10.7. The van der Waals surface area contributed by atoms with Crippen LogP contribution in [0.5, 0.6) is 0 Å². The third-order valence-corrected chi connectivity index (χ3v) is 10.7. The minimum atomic E-state index is 0.561. The standard InChI is InChI=1S/C22H50N8.2C10H24N4/c1-6-23-15-16-26-11-4-18-30(20-17-27-8-1)19-5-22-21-28-10-2-7-24-13-14-25-9-3-12-29-22;2*1-3-11-7-9-13-5-2-6-14-10-8-12-4-1/h22-29H,1-21H2;2*11-14H,1-10H2. The van der Waals surface area contributed by atoms with Gasteiger partial charge in [0.2, 0.25) is 0 Å². The molecule has 0 saturated carbocycles. The minimum absolute atomic E-state index is 0.561. The minimum Gasteiger partial charge on any atom is -0.315 e. The summed E-state index contributed by atoms with van der Waals surface area (Å²) < 4.78 is 0. The van der Waals surface area contributed by atoms with Crippen molar-refractivity contribution in [3.63, 3.8) is 0 Å². The maximum atomic E-state index is 3.82. The molecule has 0 aromatic heterocycles. The Morgan fingerprint density at radius 3 is 0.879 bits per heavy atom. The van der Waals surface area contributed by atoms with Gasteiger partial charge in [0.15, 0.2) is 0 Å². The molecular formula is C42H98N16. The van der Waals surface area contributed by atoms with Crippen LogP contribution >= 0.6 is 0 Å². The first kappa shape index (κ1) is 53.5. The topological polar surface area (TPSA) is 184 Å². The van der Waals surface area contributed by atoms with Gasteiger partial charge in [0.1, 0.15) is 0 Å². The summed E-state index contributed by atoms with van der Waals surface area (Å²) in [5.74, 6) is 0. The Morgan fingerprint density at radius 1 is 0.259 bits per heavy atom. The molecule has 4 fully saturated rings. The first-order valence-corrected chi connectivity index (χ1v) is 24.3. The molecule has 16 nitrogen and oxygen atoms in total. The van der Waals surface area contributed by atoms with Gasteiger partial charge in [-0.15, -0.1) is 0 Å². The normalized spacial score (nSPS) is 25.6. The Labute approximate surface area is 357 Å². The summed E-state index contributed by atoms with van der Waals surface area (Å²) in [5, 5.41) is 52.6. The second-order valence-electron chi connectivity index (χ2n) is 16.1. The quantitative estimate of drug-likeness (QED) is 0.139. The highest BCUT2D eigenvalue weighted by molar-refractivity contribution is 4.74. The van der Waals surface area contributed by atoms with Gasteiger partial charge in [0.25, 0.3) is 0 Å². The Hall–Kier alpha value is -0.640. The van der Waals surface area contributed by atoms with E-state index in [1.165, 1.54) is 70.9 Å². The maximum Gasteiger partial charge on any atom is 0.0204 e. The Balaban J connectivity index is 0.000000343. The number of hydrogen-bond acceptors (Lipinski definition) is 16. The van der Waals surface area contributed by atoms with E-state index in [2.05, 4.69) is 84.7 Å². The molecule has 346 valence electrons. The van der Waals surface area contributed by atoms with E-state index in [4.69, 9.17) is 0 Å². The third kappa shape index (κ3) is 39.5. The summed E-state index contributed by atoms with van der Waals surface area (Å²) in [6, 6.07) is 0.561. The lowest BCUT2D eigenvalue weighted by atomic mass is 10.1. The molecule has 0 amide bonds. The molecule has 1 unspecified atom stereocenters. The van der Waals surface area contributed by atoms with Gasteiger partial charge in [-0.25, -0.2) is 0 Å². The largest absolute Gasteiger partial charge is 0.315 e. The van der Waals surface area contributed by atoms with Gasteiger partial charge in [-0.05, 0) is 169 Å². The van der Waals surface area contributed by atoms with Gasteiger partial charge < -0.3 is 84.7 Å². The summed E-state index contributed by atoms with van der Waals surface area (Å²) >= 11 is 0. The fourth-order valence-corrected chi connectivity index (χ4v) is 7.13. The van der Waals surface area contributed by atoms with E-state index in [1.807, 2.05) is 0 Å². The highest BCUT2D eigenvalue weighted by Crippen LogP contribution is 1.99. The summed E-state index contributed by atoms with van der Waals surface area (Å²) in [5.41, 5.74) is 0. The highest BCUT2D eigenvalue weighted by atomic mass is 15.1. The van der Waals surface area contributed by atoms with Crippen LogP contribution in [0, 0.1) is 0 Å². The van der Waals surface area contributed by atoms with Crippen LogP contribution in [0.3, 0.4) is 0 Å². The molecule has 0 radical (unpaired) electrons. The number of hydrogen-bond donors (Lipinski definition) is 15. The monoisotopic (exact) mass is 827 g/mol. The fraction of sp³-hybridized carbons (Fsp3) is 1.00. The smallest absolute Gasteiger partial charge is 0.0204 e. The molecule has 0 aromatic rings. The van der Waals surface area contributed by atoms with Crippen molar-refractivity contribution < 1.29 is 0 Å². The van der Waals surface area contributed by atoms with Crippen LogP contribution < -0.4 is 79.8 Å². The second kappa shape index (κ2) is 45.9. The fourth-order valence-electron chi connectivity index (χ4n) is 7.13.